The molecule has 0 aliphatic heterocycles. The molecular weight excluding hydrogens is 252 g/mol. The van der Waals surface area contributed by atoms with Gasteiger partial charge in [0.15, 0.2) is 0 Å². The first-order valence-electron chi connectivity index (χ1n) is 8.26. The number of hydrogen-bond donors (Lipinski definition) is 0. The van der Waals surface area contributed by atoms with Crippen LogP contribution in [0.2, 0.25) is 0 Å². The number of allylic oxidation sites excluding steroid dienone is 4. The summed E-state index contributed by atoms with van der Waals surface area (Å²) in [4.78, 5) is 0. The lowest BCUT2D eigenvalue weighted by molar-refractivity contribution is 0.310. The quantitative estimate of drug-likeness (QED) is 0.550. The van der Waals surface area contributed by atoms with Crippen LogP contribution in [0, 0.1) is 5.92 Å². The number of hydrogen-bond acceptors (Lipinski definition) is 0. The lowest BCUT2D eigenvalue weighted by Crippen LogP contribution is -2.33. The Bertz CT molecular complexity index is 561. The van der Waals surface area contributed by atoms with E-state index < -0.39 is 0 Å². The van der Waals surface area contributed by atoms with Crippen LogP contribution in [-0.4, -0.2) is 0 Å². The molecule has 0 heterocycles. The summed E-state index contributed by atoms with van der Waals surface area (Å²) in [5, 5.41) is 0. The maximum atomic E-state index is 4.14. The van der Waals surface area contributed by atoms with Crippen molar-refractivity contribution in [3.8, 4) is 0 Å². The molecule has 0 spiro atoms. The summed E-state index contributed by atoms with van der Waals surface area (Å²) in [6.07, 6.45) is 8.97. The van der Waals surface area contributed by atoms with Crippen molar-refractivity contribution in [3.63, 3.8) is 0 Å². The highest BCUT2D eigenvalue weighted by Gasteiger charge is 2.45. The van der Waals surface area contributed by atoms with Gasteiger partial charge in [0, 0.05) is 5.41 Å². The summed E-state index contributed by atoms with van der Waals surface area (Å²) in [6.45, 7) is 15.2. The second kappa shape index (κ2) is 6.47. The minimum atomic E-state index is 0.118. The molecule has 1 aromatic carbocycles. The maximum absolute atomic E-state index is 4.14. The van der Waals surface area contributed by atoms with Gasteiger partial charge in [-0.1, -0.05) is 89.6 Å². The Morgan fingerprint density at radius 1 is 1.14 bits per heavy atom. The first-order valence-corrected chi connectivity index (χ1v) is 8.26. The van der Waals surface area contributed by atoms with Crippen molar-refractivity contribution in [1.82, 2.24) is 0 Å². The van der Waals surface area contributed by atoms with Gasteiger partial charge in [0.1, 0.15) is 0 Å². The fourth-order valence-electron chi connectivity index (χ4n) is 4.00. The van der Waals surface area contributed by atoms with Gasteiger partial charge >= 0.3 is 0 Å². The van der Waals surface area contributed by atoms with E-state index in [1.807, 2.05) is 6.08 Å². The fourth-order valence-corrected chi connectivity index (χ4v) is 4.00. The molecule has 0 saturated carbocycles. The van der Waals surface area contributed by atoms with Crippen LogP contribution < -0.4 is 0 Å². The molecule has 0 saturated heterocycles. The number of unbranched alkanes of at least 4 members (excludes halogenated alkanes) is 1. The lowest BCUT2D eigenvalue weighted by Gasteiger charge is -2.39. The Morgan fingerprint density at radius 3 is 2.43 bits per heavy atom. The average Bonchev–Trinajstić information content (AvgIpc) is 2.82. The Balaban J connectivity index is 2.73. The molecule has 1 aliphatic carbocycles. The molecule has 1 aromatic rings. The van der Waals surface area contributed by atoms with Gasteiger partial charge < -0.3 is 0 Å². The highest BCUT2D eigenvalue weighted by molar-refractivity contribution is 5.87. The fraction of sp³-hybridized carbons (Fsp3) is 0.429. The summed E-state index contributed by atoms with van der Waals surface area (Å²) in [5.74, 6) is 0.607. The van der Waals surface area contributed by atoms with Crippen molar-refractivity contribution >= 4 is 5.57 Å². The van der Waals surface area contributed by atoms with Gasteiger partial charge in [-0.3, -0.25) is 0 Å². The summed E-state index contributed by atoms with van der Waals surface area (Å²) in [5.41, 5.74) is 5.64. The van der Waals surface area contributed by atoms with Crippen molar-refractivity contribution < 1.29 is 0 Å². The topological polar surface area (TPSA) is 0 Å². The van der Waals surface area contributed by atoms with Crippen LogP contribution in [0.1, 0.15) is 57.6 Å². The minimum absolute atomic E-state index is 0.118. The van der Waals surface area contributed by atoms with E-state index in [4.69, 9.17) is 0 Å². The second-order valence-corrected chi connectivity index (χ2v) is 6.17. The van der Waals surface area contributed by atoms with Crippen LogP contribution in [0.4, 0.5) is 0 Å². The van der Waals surface area contributed by atoms with Gasteiger partial charge in [0.2, 0.25) is 0 Å². The van der Waals surface area contributed by atoms with Crippen molar-refractivity contribution in [2.45, 2.75) is 51.9 Å². The summed E-state index contributed by atoms with van der Waals surface area (Å²) in [7, 11) is 0. The molecule has 0 heteroatoms. The molecule has 2 rings (SSSR count). The van der Waals surface area contributed by atoms with E-state index in [0.29, 0.717) is 5.92 Å². The smallest absolute Gasteiger partial charge is 0.0240 e. The van der Waals surface area contributed by atoms with Crippen LogP contribution in [0.15, 0.2) is 55.1 Å². The Kier molecular flexibility index (Phi) is 4.88. The maximum Gasteiger partial charge on any atom is 0.0240 e. The number of rotatable bonds is 7. The van der Waals surface area contributed by atoms with E-state index in [-0.39, 0.29) is 5.41 Å². The Labute approximate surface area is 130 Å². The van der Waals surface area contributed by atoms with Gasteiger partial charge in [-0.25, -0.2) is 0 Å². The van der Waals surface area contributed by atoms with E-state index in [0.717, 1.165) is 0 Å². The van der Waals surface area contributed by atoms with Gasteiger partial charge in [-0.05, 0) is 34.6 Å². The Morgan fingerprint density at radius 2 is 1.86 bits per heavy atom. The molecule has 1 aliphatic rings. The third kappa shape index (κ3) is 2.31. The molecule has 0 aromatic heterocycles. The van der Waals surface area contributed by atoms with Crippen molar-refractivity contribution in [2.75, 3.05) is 0 Å². The molecule has 0 fully saturated rings. The molecule has 0 amide bonds. The summed E-state index contributed by atoms with van der Waals surface area (Å²) >= 11 is 0. The van der Waals surface area contributed by atoms with Crippen LogP contribution in [0.3, 0.4) is 0 Å². The van der Waals surface area contributed by atoms with Crippen LogP contribution in [0.25, 0.3) is 5.57 Å². The van der Waals surface area contributed by atoms with Gasteiger partial charge in [0.05, 0.1) is 0 Å². The van der Waals surface area contributed by atoms with Crippen molar-refractivity contribution in [1.29, 1.82) is 0 Å². The van der Waals surface area contributed by atoms with Crippen molar-refractivity contribution in [3.05, 3.63) is 66.3 Å². The zero-order valence-corrected chi connectivity index (χ0v) is 13.8. The summed E-state index contributed by atoms with van der Waals surface area (Å²) in [6, 6.07) is 8.87. The molecule has 21 heavy (non-hydrogen) atoms. The van der Waals surface area contributed by atoms with E-state index in [1.165, 1.54) is 48.0 Å². The SMILES string of the molecule is C=CC1=C(C=C)C(CCCC)(C(C)CC)c2ccccc21. The van der Waals surface area contributed by atoms with Crippen LogP contribution >= 0.6 is 0 Å². The molecular formula is C21H28. The highest BCUT2D eigenvalue weighted by Crippen LogP contribution is 2.54. The zero-order chi connectivity index (χ0) is 15.5. The van der Waals surface area contributed by atoms with E-state index >= 15 is 0 Å². The molecule has 112 valence electrons. The molecule has 2 unspecified atom stereocenters. The predicted octanol–water partition coefficient (Wildman–Crippen LogP) is 6.30. The third-order valence-electron chi connectivity index (χ3n) is 5.26. The second-order valence-electron chi connectivity index (χ2n) is 6.17. The van der Waals surface area contributed by atoms with E-state index in [2.05, 4.69) is 64.3 Å². The predicted molar refractivity (Wildman–Crippen MR) is 94.4 cm³/mol. The third-order valence-corrected chi connectivity index (χ3v) is 5.26. The van der Waals surface area contributed by atoms with Crippen LogP contribution in [-0.2, 0) is 5.41 Å². The van der Waals surface area contributed by atoms with Crippen LogP contribution in [0.5, 0.6) is 0 Å². The first-order chi connectivity index (χ1) is 10.2. The normalized spacial score (nSPS) is 22.0. The Hall–Kier alpha value is -1.56. The average molecular weight is 280 g/mol. The zero-order valence-electron chi connectivity index (χ0n) is 13.8. The van der Waals surface area contributed by atoms with Gasteiger partial charge in [-0.2, -0.15) is 0 Å². The summed E-state index contributed by atoms with van der Waals surface area (Å²) < 4.78 is 0. The first kappa shape index (κ1) is 15.8. The highest BCUT2D eigenvalue weighted by atomic mass is 14.5. The molecule has 0 radical (unpaired) electrons. The number of benzene rings is 1. The largest absolute Gasteiger partial charge is 0.0987 e. The standard InChI is InChI=1S/C21H28/c1-6-10-15-21(16(5)7-2)19(9-4)17(8-3)18-13-11-12-14-20(18)21/h8-9,11-14,16H,3-4,6-7,10,15H2,1-2,5H3. The minimum Gasteiger partial charge on any atom is -0.0987 e. The molecule has 0 nitrogen and oxygen atoms in total. The lowest BCUT2D eigenvalue weighted by atomic mass is 9.64. The number of fused-ring (bicyclic) bond motifs is 1. The molecule has 0 N–H and O–H groups in total. The van der Waals surface area contributed by atoms with E-state index in [1.54, 1.807) is 0 Å². The van der Waals surface area contributed by atoms with Gasteiger partial charge in [-0.15, -0.1) is 0 Å². The monoisotopic (exact) mass is 280 g/mol. The molecule has 0 bridgehead atoms. The van der Waals surface area contributed by atoms with E-state index in [9.17, 15) is 0 Å². The van der Waals surface area contributed by atoms with Gasteiger partial charge in [0.25, 0.3) is 0 Å². The molecule has 2 atom stereocenters. The van der Waals surface area contributed by atoms with Crippen molar-refractivity contribution in [2.24, 2.45) is 5.92 Å².